The number of halogens is 3. The molecule has 3 aromatic rings. The monoisotopic (exact) mass is 618 g/mol. The van der Waals surface area contributed by atoms with Crippen LogP contribution in [0.15, 0.2) is 79.5 Å². The molecule has 1 amide bonds. The molecule has 1 saturated heterocycles. The van der Waals surface area contributed by atoms with Gasteiger partial charge in [-0.15, -0.1) is 0 Å². The van der Waals surface area contributed by atoms with E-state index >= 15 is 0 Å². The van der Waals surface area contributed by atoms with Crippen molar-refractivity contribution in [3.63, 3.8) is 0 Å². The minimum Gasteiger partial charge on any atom is -0.487 e. The first-order valence-corrected chi connectivity index (χ1v) is 12.6. The molecule has 0 unspecified atom stereocenters. The lowest BCUT2D eigenvalue weighted by Crippen LogP contribution is -2.23. The van der Waals surface area contributed by atoms with Crippen molar-refractivity contribution in [2.24, 2.45) is 4.99 Å². The topological polar surface area (TPSA) is 79.2 Å². The Labute approximate surface area is 221 Å². The zero-order valence-electron chi connectivity index (χ0n) is 18.2. The molecule has 1 aliphatic rings. The van der Waals surface area contributed by atoms with E-state index in [-0.39, 0.29) is 23.9 Å². The van der Waals surface area contributed by atoms with Crippen molar-refractivity contribution in [3.8, 4) is 5.75 Å². The average molecular weight is 620 g/mol. The first-order chi connectivity index (χ1) is 16.7. The van der Waals surface area contributed by atoms with Crippen LogP contribution in [0.4, 0.5) is 10.1 Å². The first-order valence-electron chi connectivity index (χ1n) is 10.2. The van der Waals surface area contributed by atoms with Gasteiger partial charge < -0.3 is 9.84 Å². The molecule has 1 fully saturated rings. The predicted molar refractivity (Wildman–Crippen MR) is 141 cm³/mol. The second kappa shape index (κ2) is 10.8. The Morgan fingerprint density at radius 3 is 2.46 bits per heavy atom. The van der Waals surface area contributed by atoms with Crippen LogP contribution in [-0.4, -0.2) is 34.1 Å². The Bertz CT molecular complexity index is 1350. The van der Waals surface area contributed by atoms with E-state index in [1.807, 2.05) is 12.1 Å². The van der Waals surface area contributed by atoms with E-state index in [0.717, 1.165) is 5.56 Å². The molecule has 1 aliphatic heterocycles. The SMILES string of the molecule is CN1C(=O)/C(=C/c2cc(Br)c(OCc3cccc(F)c3)c(Br)c2)SC1=Nc1ccc(C(=O)O)cc1. The minimum atomic E-state index is -1.01. The van der Waals surface area contributed by atoms with Gasteiger partial charge in [-0.1, -0.05) is 12.1 Å². The smallest absolute Gasteiger partial charge is 0.335 e. The number of aromatic carboxylic acids is 1. The molecule has 6 nitrogen and oxygen atoms in total. The summed E-state index contributed by atoms with van der Waals surface area (Å²) in [7, 11) is 1.63. The van der Waals surface area contributed by atoms with Gasteiger partial charge in [-0.2, -0.15) is 0 Å². The van der Waals surface area contributed by atoms with Gasteiger partial charge in [-0.25, -0.2) is 14.2 Å². The fraction of sp³-hybridized carbons (Fsp3) is 0.0800. The predicted octanol–water partition coefficient (Wildman–Crippen LogP) is 6.86. The molecular weight excluding hydrogens is 603 g/mol. The number of likely N-dealkylation sites (N-methyl/N-ethyl adjacent to an activating group) is 1. The number of rotatable bonds is 6. The highest BCUT2D eigenvalue weighted by molar-refractivity contribution is 9.11. The van der Waals surface area contributed by atoms with E-state index in [0.29, 0.717) is 36.0 Å². The summed E-state index contributed by atoms with van der Waals surface area (Å²) < 4.78 is 20.6. The van der Waals surface area contributed by atoms with Crippen LogP contribution in [0.5, 0.6) is 5.75 Å². The van der Waals surface area contributed by atoms with Gasteiger partial charge in [-0.3, -0.25) is 9.69 Å². The minimum absolute atomic E-state index is 0.164. The summed E-state index contributed by atoms with van der Waals surface area (Å²) in [6.07, 6.45) is 1.76. The van der Waals surface area contributed by atoms with E-state index in [9.17, 15) is 14.0 Å². The van der Waals surface area contributed by atoms with Crippen LogP contribution in [0.1, 0.15) is 21.5 Å². The van der Waals surface area contributed by atoms with Crippen LogP contribution in [0.3, 0.4) is 0 Å². The number of hydrogen-bond donors (Lipinski definition) is 1. The number of nitrogens with zero attached hydrogens (tertiary/aromatic N) is 2. The van der Waals surface area contributed by atoms with Crippen molar-refractivity contribution in [2.45, 2.75) is 6.61 Å². The average Bonchev–Trinajstić information content (AvgIpc) is 3.06. The van der Waals surface area contributed by atoms with Crippen molar-refractivity contribution in [1.82, 2.24) is 4.90 Å². The highest BCUT2D eigenvalue weighted by Crippen LogP contribution is 2.38. The first kappa shape index (κ1) is 25.2. The third-order valence-electron chi connectivity index (χ3n) is 4.93. The van der Waals surface area contributed by atoms with Gasteiger partial charge in [0.2, 0.25) is 0 Å². The molecule has 0 aromatic heterocycles. The van der Waals surface area contributed by atoms with E-state index in [2.05, 4.69) is 36.9 Å². The van der Waals surface area contributed by atoms with E-state index < -0.39 is 5.97 Å². The number of thioether (sulfide) groups is 1. The molecule has 0 saturated carbocycles. The van der Waals surface area contributed by atoms with Gasteiger partial charge >= 0.3 is 5.97 Å². The molecule has 0 spiro atoms. The number of benzene rings is 3. The third-order valence-corrected chi connectivity index (χ3v) is 7.17. The van der Waals surface area contributed by atoms with Gasteiger partial charge in [0.05, 0.1) is 25.1 Å². The number of amidine groups is 1. The molecule has 178 valence electrons. The number of carboxylic acid groups (broad SMARTS) is 1. The molecule has 10 heteroatoms. The van der Waals surface area contributed by atoms with Crippen LogP contribution in [-0.2, 0) is 11.4 Å². The number of carbonyl (C=O) groups is 2. The Balaban J connectivity index is 1.52. The second-order valence-corrected chi connectivity index (χ2v) is 10.2. The van der Waals surface area contributed by atoms with E-state index in [1.54, 1.807) is 37.4 Å². The van der Waals surface area contributed by atoms with Crippen LogP contribution in [0.2, 0.25) is 0 Å². The number of ether oxygens (including phenoxy) is 1. The van der Waals surface area contributed by atoms with Crippen molar-refractivity contribution in [2.75, 3.05) is 7.05 Å². The van der Waals surface area contributed by atoms with Crippen LogP contribution in [0.25, 0.3) is 6.08 Å². The standard InChI is InChI=1S/C25H17Br2FN2O4S/c1-30-23(31)21(35-25(30)29-18-7-5-16(6-8-18)24(32)33)12-15-10-19(26)22(20(27)11-15)34-13-14-3-2-4-17(28)9-14/h2-12H,13H2,1H3,(H,32,33)/b21-12-,29-25?. The highest BCUT2D eigenvalue weighted by atomic mass is 79.9. The maximum absolute atomic E-state index is 13.4. The quantitative estimate of drug-likeness (QED) is 0.305. The largest absolute Gasteiger partial charge is 0.487 e. The molecular formula is C25H17Br2FN2O4S. The fourth-order valence-corrected chi connectivity index (χ4v) is 5.61. The number of aliphatic imine (C=N–C) groups is 1. The van der Waals surface area contributed by atoms with Crippen LogP contribution < -0.4 is 4.74 Å². The summed E-state index contributed by atoms with van der Waals surface area (Å²) in [4.78, 5) is 30.2. The van der Waals surface area contributed by atoms with Gasteiger partial charge in [0, 0.05) is 7.05 Å². The summed E-state index contributed by atoms with van der Waals surface area (Å²) in [6, 6.07) is 16.0. The normalized spacial score (nSPS) is 15.8. The summed E-state index contributed by atoms with van der Waals surface area (Å²) in [5.74, 6) is -0.977. The lowest BCUT2D eigenvalue weighted by Gasteiger charge is -2.12. The summed E-state index contributed by atoms with van der Waals surface area (Å²) >= 11 is 8.24. The lowest BCUT2D eigenvalue weighted by atomic mass is 10.2. The van der Waals surface area contributed by atoms with Crippen LogP contribution >= 0.6 is 43.6 Å². The van der Waals surface area contributed by atoms with E-state index in [4.69, 9.17) is 9.84 Å². The zero-order valence-corrected chi connectivity index (χ0v) is 22.2. The number of carbonyl (C=O) groups excluding carboxylic acids is 1. The molecule has 0 bridgehead atoms. The Morgan fingerprint density at radius 1 is 1.14 bits per heavy atom. The molecule has 0 radical (unpaired) electrons. The van der Waals surface area contributed by atoms with E-state index in [1.165, 1.54) is 40.9 Å². The summed E-state index contributed by atoms with van der Waals surface area (Å²) in [5.41, 5.74) is 2.18. The van der Waals surface area contributed by atoms with Crippen LogP contribution in [0, 0.1) is 5.82 Å². The van der Waals surface area contributed by atoms with Crippen molar-refractivity contribution < 1.29 is 23.8 Å². The van der Waals surface area contributed by atoms with Gasteiger partial charge in [-0.05, 0) is 109 Å². The molecule has 35 heavy (non-hydrogen) atoms. The number of hydrogen-bond acceptors (Lipinski definition) is 5. The third kappa shape index (κ3) is 6.01. The molecule has 3 aromatic carbocycles. The van der Waals surface area contributed by atoms with Gasteiger partial charge in [0.1, 0.15) is 18.2 Å². The van der Waals surface area contributed by atoms with Crippen molar-refractivity contribution >= 4 is 72.4 Å². The van der Waals surface area contributed by atoms with Gasteiger partial charge in [0.15, 0.2) is 5.17 Å². The fourth-order valence-electron chi connectivity index (χ4n) is 3.17. The highest BCUT2D eigenvalue weighted by Gasteiger charge is 2.30. The second-order valence-electron chi connectivity index (χ2n) is 7.45. The molecule has 4 rings (SSSR count). The van der Waals surface area contributed by atoms with Gasteiger partial charge in [0.25, 0.3) is 5.91 Å². The molecule has 1 N–H and O–H groups in total. The Kier molecular flexibility index (Phi) is 7.73. The Morgan fingerprint density at radius 2 is 1.83 bits per heavy atom. The number of amides is 1. The maximum atomic E-state index is 13.4. The van der Waals surface area contributed by atoms with Crippen molar-refractivity contribution in [1.29, 1.82) is 0 Å². The Hall–Kier alpha value is -2.95. The maximum Gasteiger partial charge on any atom is 0.335 e. The number of carboxylic acids is 1. The van der Waals surface area contributed by atoms with Crippen molar-refractivity contribution in [3.05, 3.63) is 97.0 Å². The zero-order chi connectivity index (χ0) is 25.1. The lowest BCUT2D eigenvalue weighted by molar-refractivity contribution is -0.121. The summed E-state index contributed by atoms with van der Waals surface area (Å²) in [5, 5.41) is 9.52. The molecule has 1 heterocycles. The molecule has 0 aliphatic carbocycles. The summed E-state index contributed by atoms with van der Waals surface area (Å²) in [6.45, 7) is 0.196. The molecule has 0 atom stereocenters.